The molecule has 0 saturated carbocycles. The Morgan fingerprint density at radius 1 is 1.58 bits per heavy atom. The van der Waals surface area contributed by atoms with Crippen molar-refractivity contribution in [3.63, 3.8) is 0 Å². The van der Waals surface area contributed by atoms with E-state index in [1.807, 2.05) is 0 Å². The van der Waals surface area contributed by atoms with E-state index in [0.717, 1.165) is 0 Å². The number of benzene rings is 1. The molecule has 1 rings (SSSR count). The molecule has 1 aromatic rings. The fourth-order valence-electron chi connectivity index (χ4n) is 0.769. The maximum absolute atomic E-state index is 11.0. The van der Waals surface area contributed by atoms with E-state index in [-0.39, 0.29) is 11.3 Å². The third-order valence-electron chi connectivity index (χ3n) is 1.35. The van der Waals surface area contributed by atoms with Crippen molar-refractivity contribution < 1.29 is 15.0 Å². The molecule has 0 atom stereocenters. The highest BCUT2D eigenvalue weighted by molar-refractivity contribution is 6.08. The number of hydrogen-bond donors (Lipinski definition) is 2. The van der Waals surface area contributed by atoms with Gasteiger partial charge in [0.05, 0.1) is 5.56 Å². The number of hydrogen-bond acceptors (Lipinski definition) is 3. The molecule has 0 unspecified atom stereocenters. The Balaban J connectivity index is 3.11. The van der Waals surface area contributed by atoms with Gasteiger partial charge in [-0.1, -0.05) is 12.6 Å². The van der Waals surface area contributed by atoms with Crippen LogP contribution in [0.1, 0.15) is 10.4 Å². The number of aliphatic hydroxyl groups is 1. The van der Waals surface area contributed by atoms with Gasteiger partial charge in [-0.25, -0.2) is 0 Å². The molecular formula is C9H7O3. The minimum absolute atomic E-state index is 0.0289. The van der Waals surface area contributed by atoms with Crippen molar-refractivity contribution in [3.8, 4) is 5.75 Å². The van der Waals surface area contributed by atoms with Gasteiger partial charge in [0.15, 0.2) is 5.76 Å². The summed E-state index contributed by atoms with van der Waals surface area (Å²) in [5, 5.41) is 17.9. The zero-order valence-electron chi connectivity index (χ0n) is 6.24. The Labute approximate surface area is 69.6 Å². The van der Waals surface area contributed by atoms with Crippen LogP contribution >= 0.6 is 0 Å². The second-order valence-electron chi connectivity index (χ2n) is 2.22. The summed E-state index contributed by atoms with van der Waals surface area (Å²) in [7, 11) is 0. The lowest BCUT2D eigenvalue weighted by Gasteiger charge is -1.99. The average Bonchev–Trinajstić information content (AvgIpc) is 2.04. The number of rotatable bonds is 2. The zero-order valence-corrected chi connectivity index (χ0v) is 6.24. The van der Waals surface area contributed by atoms with Crippen molar-refractivity contribution in [3.05, 3.63) is 42.2 Å². The van der Waals surface area contributed by atoms with Crippen molar-refractivity contribution in [2.45, 2.75) is 0 Å². The Hall–Kier alpha value is -1.77. The van der Waals surface area contributed by atoms with Crippen LogP contribution in [0.4, 0.5) is 0 Å². The first kappa shape index (κ1) is 8.33. The summed E-state index contributed by atoms with van der Waals surface area (Å²) >= 11 is 0. The normalized spacial score (nSPS) is 9.33. The fourth-order valence-corrected chi connectivity index (χ4v) is 0.769. The SMILES string of the molecule is C=C(O)C(=O)c1cc[c]cc1O. The standard InChI is InChI=1S/C9H7O3/c1-6(10)9(12)7-4-2-3-5-8(7)11/h2,4-5,10-11H,1H2. The number of aromatic hydroxyl groups is 1. The molecule has 12 heavy (non-hydrogen) atoms. The Morgan fingerprint density at radius 3 is 2.75 bits per heavy atom. The van der Waals surface area contributed by atoms with Crippen molar-refractivity contribution in [1.29, 1.82) is 0 Å². The second-order valence-corrected chi connectivity index (χ2v) is 2.22. The first-order valence-corrected chi connectivity index (χ1v) is 3.24. The van der Waals surface area contributed by atoms with Crippen molar-refractivity contribution in [2.75, 3.05) is 0 Å². The molecule has 0 saturated heterocycles. The highest BCUT2D eigenvalue weighted by Gasteiger charge is 2.12. The predicted octanol–water partition coefficient (Wildman–Crippen LogP) is 1.45. The molecule has 61 valence electrons. The molecule has 0 amide bonds. The molecule has 0 fully saturated rings. The molecule has 2 N–H and O–H groups in total. The number of Topliss-reactive ketones (excluding diaryl/α,β-unsaturated/α-hetero) is 1. The zero-order chi connectivity index (χ0) is 9.14. The number of allylic oxidation sites excluding steroid dienone is 1. The van der Waals surface area contributed by atoms with Crippen LogP contribution in [-0.2, 0) is 0 Å². The summed E-state index contributed by atoms with van der Waals surface area (Å²) in [6, 6.07) is 6.66. The summed E-state index contributed by atoms with van der Waals surface area (Å²) < 4.78 is 0. The van der Waals surface area contributed by atoms with Crippen LogP contribution in [0.25, 0.3) is 0 Å². The summed E-state index contributed by atoms with van der Waals surface area (Å²) in [5.74, 6) is -1.48. The van der Waals surface area contributed by atoms with E-state index in [9.17, 15) is 4.79 Å². The second kappa shape index (κ2) is 3.09. The molecule has 0 bridgehead atoms. The maximum atomic E-state index is 11.0. The van der Waals surface area contributed by atoms with Gasteiger partial charge in [-0.3, -0.25) is 4.79 Å². The van der Waals surface area contributed by atoms with E-state index in [2.05, 4.69) is 12.6 Å². The monoisotopic (exact) mass is 163 g/mol. The maximum Gasteiger partial charge on any atom is 0.230 e. The van der Waals surface area contributed by atoms with Crippen molar-refractivity contribution in [2.24, 2.45) is 0 Å². The van der Waals surface area contributed by atoms with Crippen LogP contribution in [0.3, 0.4) is 0 Å². The van der Waals surface area contributed by atoms with Crippen LogP contribution in [0.5, 0.6) is 5.75 Å². The third kappa shape index (κ3) is 1.45. The Kier molecular flexibility index (Phi) is 2.14. The predicted molar refractivity (Wildman–Crippen MR) is 43.0 cm³/mol. The van der Waals surface area contributed by atoms with Gasteiger partial charge < -0.3 is 10.2 Å². The quantitative estimate of drug-likeness (QED) is 0.394. The van der Waals surface area contributed by atoms with Gasteiger partial charge in [0, 0.05) is 0 Å². The van der Waals surface area contributed by atoms with Gasteiger partial charge in [0.25, 0.3) is 0 Å². The number of phenolic OH excluding ortho intramolecular Hbond substituents is 1. The van der Waals surface area contributed by atoms with Crippen molar-refractivity contribution >= 4 is 5.78 Å². The number of carbonyl (C=O) groups excluding carboxylic acids is 1. The molecule has 1 radical (unpaired) electrons. The molecule has 3 heteroatoms. The van der Waals surface area contributed by atoms with E-state index in [1.165, 1.54) is 18.2 Å². The van der Waals surface area contributed by atoms with Gasteiger partial charge in [0.2, 0.25) is 5.78 Å². The lowest BCUT2D eigenvalue weighted by Crippen LogP contribution is -2.01. The minimum Gasteiger partial charge on any atom is -0.507 e. The summed E-state index contributed by atoms with van der Waals surface area (Å²) in [6.45, 7) is 3.06. The third-order valence-corrected chi connectivity index (χ3v) is 1.35. The number of phenols is 1. The highest BCUT2D eigenvalue weighted by atomic mass is 16.3. The molecular weight excluding hydrogens is 156 g/mol. The van der Waals surface area contributed by atoms with Crippen LogP contribution < -0.4 is 0 Å². The molecule has 0 aliphatic heterocycles. The summed E-state index contributed by atoms with van der Waals surface area (Å²) in [4.78, 5) is 11.0. The van der Waals surface area contributed by atoms with Crippen LogP contribution in [0.15, 0.2) is 30.5 Å². The van der Waals surface area contributed by atoms with Gasteiger partial charge in [0.1, 0.15) is 5.75 Å². The Bertz CT molecular complexity index is 328. The highest BCUT2D eigenvalue weighted by Crippen LogP contribution is 2.17. The summed E-state index contributed by atoms with van der Waals surface area (Å²) in [5.41, 5.74) is 0.0289. The largest absolute Gasteiger partial charge is 0.507 e. The van der Waals surface area contributed by atoms with E-state index >= 15 is 0 Å². The first-order valence-electron chi connectivity index (χ1n) is 3.24. The van der Waals surface area contributed by atoms with Gasteiger partial charge >= 0.3 is 0 Å². The molecule has 1 aromatic carbocycles. The van der Waals surface area contributed by atoms with E-state index in [4.69, 9.17) is 10.2 Å². The lowest BCUT2D eigenvalue weighted by molar-refractivity contribution is 0.0976. The topological polar surface area (TPSA) is 57.5 Å². The molecule has 0 heterocycles. The van der Waals surface area contributed by atoms with E-state index in [0.29, 0.717) is 0 Å². The van der Waals surface area contributed by atoms with Gasteiger partial charge in [-0.15, -0.1) is 0 Å². The molecule has 0 aliphatic carbocycles. The molecule has 0 spiro atoms. The van der Waals surface area contributed by atoms with Crippen LogP contribution in [0.2, 0.25) is 0 Å². The average molecular weight is 163 g/mol. The summed E-state index contributed by atoms with van der Waals surface area (Å²) in [6.07, 6.45) is 0. The van der Waals surface area contributed by atoms with Gasteiger partial charge in [-0.05, 0) is 18.2 Å². The Morgan fingerprint density at radius 2 is 2.25 bits per heavy atom. The number of carbonyl (C=O) groups is 1. The molecule has 3 nitrogen and oxygen atoms in total. The van der Waals surface area contributed by atoms with E-state index in [1.54, 1.807) is 0 Å². The van der Waals surface area contributed by atoms with Crippen LogP contribution in [0, 0.1) is 6.07 Å². The van der Waals surface area contributed by atoms with Crippen molar-refractivity contribution in [1.82, 2.24) is 0 Å². The van der Waals surface area contributed by atoms with E-state index < -0.39 is 11.5 Å². The van der Waals surface area contributed by atoms with Crippen LogP contribution in [-0.4, -0.2) is 16.0 Å². The minimum atomic E-state index is -0.679. The fraction of sp³-hybridized carbons (Fsp3) is 0. The molecule has 0 aliphatic rings. The number of aliphatic hydroxyl groups excluding tert-OH is 1. The molecule has 0 aromatic heterocycles. The number of ketones is 1. The lowest BCUT2D eigenvalue weighted by atomic mass is 10.1. The smallest absolute Gasteiger partial charge is 0.230 e. The first-order chi connectivity index (χ1) is 5.63. The van der Waals surface area contributed by atoms with Gasteiger partial charge in [-0.2, -0.15) is 0 Å².